The summed E-state index contributed by atoms with van der Waals surface area (Å²) in [5.41, 5.74) is 2.63. The van der Waals surface area contributed by atoms with Crippen LogP contribution in [-0.4, -0.2) is 14.8 Å². The standard InChI is InChI=1S/C14H19N3S/c1-10(2)17-12(4)15-16-14(17)18-9-13-7-5-6-11(3)8-13/h5-8,10H,9H2,1-4H3. The van der Waals surface area contributed by atoms with E-state index >= 15 is 0 Å². The highest BCUT2D eigenvalue weighted by Crippen LogP contribution is 2.24. The second-order valence-corrected chi connectivity index (χ2v) is 5.71. The largest absolute Gasteiger partial charge is 0.304 e. The van der Waals surface area contributed by atoms with Crippen molar-refractivity contribution in [3.8, 4) is 0 Å². The third-order valence-electron chi connectivity index (χ3n) is 2.80. The van der Waals surface area contributed by atoms with Gasteiger partial charge in [-0.2, -0.15) is 0 Å². The summed E-state index contributed by atoms with van der Waals surface area (Å²) in [7, 11) is 0. The summed E-state index contributed by atoms with van der Waals surface area (Å²) in [5, 5.41) is 9.41. The van der Waals surface area contributed by atoms with Crippen LogP contribution in [0.2, 0.25) is 0 Å². The van der Waals surface area contributed by atoms with Crippen LogP contribution in [0.25, 0.3) is 0 Å². The lowest BCUT2D eigenvalue weighted by molar-refractivity contribution is 0.536. The van der Waals surface area contributed by atoms with Gasteiger partial charge in [0.25, 0.3) is 0 Å². The molecule has 1 aromatic heterocycles. The van der Waals surface area contributed by atoms with Gasteiger partial charge in [0.2, 0.25) is 0 Å². The molecule has 0 aliphatic carbocycles. The summed E-state index contributed by atoms with van der Waals surface area (Å²) in [6.07, 6.45) is 0. The molecule has 0 radical (unpaired) electrons. The number of aryl methyl sites for hydroxylation is 2. The predicted octanol–water partition coefficient (Wildman–Crippen LogP) is 3.77. The summed E-state index contributed by atoms with van der Waals surface area (Å²) in [4.78, 5) is 0. The molecule has 0 saturated heterocycles. The molecule has 18 heavy (non-hydrogen) atoms. The Balaban J connectivity index is 2.11. The van der Waals surface area contributed by atoms with Crippen molar-refractivity contribution in [2.75, 3.05) is 0 Å². The fourth-order valence-electron chi connectivity index (χ4n) is 1.99. The third kappa shape index (κ3) is 2.93. The lowest BCUT2D eigenvalue weighted by atomic mass is 10.2. The van der Waals surface area contributed by atoms with Gasteiger partial charge >= 0.3 is 0 Å². The summed E-state index contributed by atoms with van der Waals surface area (Å²) in [6, 6.07) is 9.00. The van der Waals surface area contributed by atoms with Crippen molar-refractivity contribution in [3.05, 3.63) is 41.2 Å². The first-order valence-electron chi connectivity index (χ1n) is 6.18. The van der Waals surface area contributed by atoms with Crippen LogP contribution in [0, 0.1) is 13.8 Å². The smallest absolute Gasteiger partial charge is 0.191 e. The number of aromatic nitrogens is 3. The lowest BCUT2D eigenvalue weighted by Crippen LogP contribution is -2.04. The van der Waals surface area contributed by atoms with Gasteiger partial charge in [0.15, 0.2) is 5.16 Å². The molecule has 0 spiro atoms. The first-order valence-corrected chi connectivity index (χ1v) is 7.16. The summed E-state index contributed by atoms with van der Waals surface area (Å²) < 4.78 is 2.18. The number of benzene rings is 1. The molecular weight excluding hydrogens is 242 g/mol. The van der Waals surface area contributed by atoms with E-state index in [4.69, 9.17) is 0 Å². The van der Waals surface area contributed by atoms with Crippen LogP contribution in [0.4, 0.5) is 0 Å². The fourth-order valence-corrected chi connectivity index (χ4v) is 3.05. The number of rotatable bonds is 4. The van der Waals surface area contributed by atoms with Crippen LogP contribution < -0.4 is 0 Å². The Labute approximate surface area is 113 Å². The topological polar surface area (TPSA) is 30.7 Å². The van der Waals surface area contributed by atoms with Crippen molar-refractivity contribution >= 4 is 11.8 Å². The van der Waals surface area contributed by atoms with Gasteiger partial charge in [0, 0.05) is 11.8 Å². The zero-order valence-electron chi connectivity index (χ0n) is 11.3. The van der Waals surface area contributed by atoms with E-state index in [1.807, 2.05) is 6.92 Å². The minimum Gasteiger partial charge on any atom is -0.304 e. The maximum Gasteiger partial charge on any atom is 0.191 e. The van der Waals surface area contributed by atoms with Crippen LogP contribution in [0.3, 0.4) is 0 Å². The average Bonchev–Trinajstić information content (AvgIpc) is 2.68. The van der Waals surface area contributed by atoms with Crippen molar-refractivity contribution in [1.82, 2.24) is 14.8 Å². The molecule has 0 aliphatic rings. The quantitative estimate of drug-likeness (QED) is 0.785. The number of nitrogens with zero attached hydrogens (tertiary/aromatic N) is 3. The Bertz CT molecular complexity index is 532. The van der Waals surface area contributed by atoms with Gasteiger partial charge in [0.05, 0.1) is 0 Å². The Morgan fingerprint density at radius 2 is 2.00 bits per heavy atom. The highest BCUT2D eigenvalue weighted by molar-refractivity contribution is 7.98. The van der Waals surface area contributed by atoms with Crippen LogP contribution >= 0.6 is 11.8 Å². The average molecular weight is 261 g/mol. The van der Waals surface area contributed by atoms with E-state index in [0.29, 0.717) is 6.04 Å². The second-order valence-electron chi connectivity index (χ2n) is 4.77. The minimum absolute atomic E-state index is 0.403. The molecule has 96 valence electrons. The Morgan fingerprint density at radius 3 is 2.67 bits per heavy atom. The van der Waals surface area contributed by atoms with Gasteiger partial charge in [-0.1, -0.05) is 41.6 Å². The molecule has 0 atom stereocenters. The van der Waals surface area contributed by atoms with Gasteiger partial charge < -0.3 is 4.57 Å². The SMILES string of the molecule is Cc1cccc(CSc2nnc(C)n2C(C)C)c1. The van der Waals surface area contributed by atoms with Crippen molar-refractivity contribution in [2.45, 2.75) is 44.6 Å². The maximum absolute atomic E-state index is 4.25. The van der Waals surface area contributed by atoms with E-state index < -0.39 is 0 Å². The first-order chi connectivity index (χ1) is 8.58. The number of hydrogen-bond acceptors (Lipinski definition) is 3. The van der Waals surface area contributed by atoms with Gasteiger partial charge in [-0.15, -0.1) is 10.2 Å². The van der Waals surface area contributed by atoms with Gasteiger partial charge in [-0.05, 0) is 33.3 Å². The van der Waals surface area contributed by atoms with Crippen LogP contribution in [0.15, 0.2) is 29.4 Å². The molecule has 0 saturated carbocycles. The minimum atomic E-state index is 0.403. The van der Waals surface area contributed by atoms with Gasteiger partial charge in [-0.25, -0.2) is 0 Å². The fraction of sp³-hybridized carbons (Fsp3) is 0.429. The molecule has 0 N–H and O–H groups in total. The second kappa shape index (κ2) is 5.57. The molecular formula is C14H19N3S. The van der Waals surface area contributed by atoms with Crippen LogP contribution in [0.5, 0.6) is 0 Å². The molecule has 1 heterocycles. The molecule has 0 amide bonds. The number of hydrogen-bond donors (Lipinski definition) is 0. The molecule has 2 aromatic rings. The monoisotopic (exact) mass is 261 g/mol. The van der Waals surface area contributed by atoms with E-state index in [9.17, 15) is 0 Å². The van der Waals surface area contributed by atoms with Gasteiger partial charge in [0.1, 0.15) is 5.82 Å². The molecule has 1 aromatic carbocycles. The van der Waals surface area contributed by atoms with Crippen LogP contribution in [0.1, 0.15) is 36.8 Å². The Morgan fingerprint density at radius 1 is 1.22 bits per heavy atom. The summed E-state index contributed by atoms with van der Waals surface area (Å²) >= 11 is 1.75. The number of thioether (sulfide) groups is 1. The zero-order chi connectivity index (χ0) is 13.1. The molecule has 4 heteroatoms. The Hall–Kier alpha value is -1.29. The molecule has 2 rings (SSSR count). The molecule has 0 bridgehead atoms. The zero-order valence-corrected chi connectivity index (χ0v) is 12.2. The van der Waals surface area contributed by atoms with Gasteiger partial charge in [-0.3, -0.25) is 0 Å². The van der Waals surface area contributed by atoms with Crippen molar-refractivity contribution < 1.29 is 0 Å². The van der Waals surface area contributed by atoms with Crippen LogP contribution in [-0.2, 0) is 5.75 Å². The molecule has 0 aliphatic heterocycles. The van der Waals surface area contributed by atoms with E-state index in [-0.39, 0.29) is 0 Å². The summed E-state index contributed by atoms with van der Waals surface area (Å²) in [6.45, 7) is 8.44. The molecule has 0 unspecified atom stereocenters. The molecule has 0 fully saturated rings. The normalized spacial score (nSPS) is 11.2. The van der Waals surface area contributed by atoms with Crippen molar-refractivity contribution in [3.63, 3.8) is 0 Å². The van der Waals surface area contributed by atoms with E-state index in [0.717, 1.165) is 16.7 Å². The highest BCUT2D eigenvalue weighted by Gasteiger charge is 2.11. The maximum atomic E-state index is 4.25. The van der Waals surface area contributed by atoms with E-state index in [1.54, 1.807) is 11.8 Å². The lowest BCUT2D eigenvalue weighted by Gasteiger charge is -2.11. The van der Waals surface area contributed by atoms with E-state index in [2.05, 4.69) is 59.8 Å². The van der Waals surface area contributed by atoms with Crippen molar-refractivity contribution in [2.24, 2.45) is 0 Å². The summed E-state index contributed by atoms with van der Waals surface area (Å²) in [5.74, 6) is 1.92. The first kappa shape index (κ1) is 13.1. The third-order valence-corrected chi connectivity index (χ3v) is 3.82. The highest BCUT2D eigenvalue weighted by atomic mass is 32.2. The van der Waals surface area contributed by atoms with E-state index in [1.165, 1.54) is 11.1 Å². The predicted molar refractivity (Wildman–Crippen MR) is 75.9 cm³/mol. The Kier molecular flexibility index (Phi) is 4.07. The molecule has 3 nitrogen and oxygen atoms in total. The van der Waals surface area contributed by atoms with Crippen molar-refractivity contribution in [1.29, 1.82) is 0 Å².